The van der Waals surface area contributed by atoms with Crippen LogP contribution in [0.15, 0.2) is 41.0 Å². The van der Waals surface area contributed by atoms with Crippen molar-refractivity contribution >= 4 is 41.1 Å². The maximum atomic E-state index is 13.0. The number of aromatic nitrogens is 2. The lowest BCUT2D eigenvalue weighted by molar-refractivity contribution is -0.135. The minimum Gasteiger partial charge on any atom is -0.466 e. The molecular weight excluding hydrogens is 382 g/mol. The molecule has 1 saturated heterocycles. The quantitative estimate of drug-likeness (QED) is 0.629. The number of carbonyl (C=O) groups excluding carboxylic acids is 2. The molecule has 0 radical (unpaired) electrons. The first-order valence-electron chi connectivity index (χ1n) is 8.36. The summed E-state index contributed by atoms with van der Waals surface area (Å²) in [6.45, 7) is 5.48. The van der Waals surface area contributed by atoms with Crippen LogP contribution in [0.2, 0.25) is 5.02 Å². The molecule has 0 atom stereocenters. The Labute approximate surface area is 166 Å². The fourth-order valence-corrected chi connectivity index (χ4v) is 2.97. The monoisotopic (exact) mass is 399 g/mol. The minimum absolute atomic E-state index is 0.0318. The van der Waals surface area contributed by atoms with Gasteiger partial charge in [0, 0.05) is 16.4 Å². The molecule has 2 aromatic rings. The number of guanidine groups is 1. The standard InChI is InChI=1S/C19H18ClN5O3/c1-10-7-13(20)5-6-15(10)25-17(27)14(9-16(26)28-4)23-19(25)24-18-21-11(2)8-12(3)22-18/h5-9H,1-4H3,(H,21,22,23,24). The Bertz CT molecular complexity index is 1010. The summed E-state index contributed by atoms with van der Waals surface area (Å²) in [5.74, 6) is -0.745. The Hall–Kier alpha value is -3.26. The van der Waals surface area contributed by atoms with Gasteiger partial charge in [-0.15, -0.1) is 0 Å². The number of esters is 1. The van der Waals surface area contributed by atoms with Gasteiger partial charge in [-0.3, -0.25) is 4.79 Å². The van der Waals surface area contributed by atoms with Crippen molar-refractivity contribution in [2.24, 2.45) is 4.99 Å². The van der Waals surface area contributed by atoms with Crippen molar-refractivity contribution in [1.29, 1.82) is 0 Å². The van der Waals surface area contributed by atoms with Crippen molar-refractivity contribution < 1.29 is 14.3 Å². The molecule has 0 unspecified atom stereocenters. The Balaban J connectivity index is 2.13. The lowest BCUT2D eigenvalue weighted by Crippen LogP contribution is -2.32. The second kappa shape index (κ2) is 7.77. The summed E-state index contributed by atoms with van der Waals surface area (Å²) in [5, 5.41) is 3.40. The van der Waals surface area contributed by atoms with E-state index in [4.69, 9.17) is 11.6 Å². The van der Waals surface area contributed by atoms with Gasteiger partial charge in [-0.2, -0.15) is 4.99 Å². The number of hydrogen-bond acceptors (Lipinski definition) is 6. The fourth-order valence-electron chi connectivity index (χ4n) is 2.74. The van der Waals surface area contributed by atoms with Crippen LogP contribution in [0.25, 0.3) is 0 Å². The fraction of sp³-hybridized carbons (Fsp3) is 0.211. The van der Waals surface area contributed by atoms with Crippen molar-refractivity contribution in [1.82, 2.24) is 15.3 Å². The van der Waals surface area contributed by atoms with Gasteiger partial charge in [0.1, 0.15) is 5.70 Å². The maximum Gasteiger partial charge on any atom is 0.332 e. The largest absolute Gasteiger partial charge is 0.466 e. The van der Waals surface area contributed by atoms with Gasteiger partial charge in [0.05, 0.1) is 18.9 Å². The molecule has 1 aliphatic heterocycles. The van der Waals surface area contributed by atoms with Crippen LogP contribution in [0, 0.1) is 20.8 Å². The van der Waals surface area contributed by atoms with E-state index in [-0.39, 0.29) is 17.6 Å². The number of anilines is 1. The van der Waals surface area contributed by atoms with Crippen LogP contribution in [0.5, 0.6) is 0 Å². The number of aryl methyl sites for hydroxylation is 3. The van der Waals surface area contributed by atoms with Gasteiger partial charge in [-0.05, 0) is 50.6 Å². The van der Waals surface area contributed by atoms with E-state index in [1.54, 1.807) is 18.2 Å². The van der Waals surface area contributed by atoms with Crippen LogP contribution in [0.3, 0.4) is 0 Å². The summed E-state index contributed by atoms with van der Waals surface area (Å²) in [4.78, 5) is 38.9. The van der Waals surface area contributed by atoms with E-state index in [9.17, 15) is 9.59 Å². The molecule has 2 heterocycles. The van der Waals surface area contributed by atoms with Crippen LogP contribution in [0.4, 0.5) is 11.6 Å². The average molecular weight is 400 g/mol. The number of hydrogen-bond donors (Lipinski definition) is 1. The van der Waals surface area contributed by atoms with E-state index < -0.39 is 11.9 Å². The lowest BCUT2D eigenvalue weighted by atomic mass is 10.2. The smallest absolute Gasteiger partial charge is 0.332 e. The first kappa shape index (κ1) is 19.5. The second-order valence-electron chi connectivity index (χ2n) is 6.16. The third-order valence-corrected chi connectivity index (χ3v) is 4.17. The van der Waals surface area contributed by atoms with Gasteiger partial charge in [0.15, 0.2) is 0 Å². The predicted molar refractivity (Wildman–Crippen MR) is 106 cm³/mol. The number of amides is 1. The summed E-state index contributed by atoms with van der Waals surface area (Å²) in [5.41, 5.74) is 2.85. The molecule has 1 aromatic heterocycles. The van der Waals surface area contributed by atoms with E-state index in [2.05, 4.69) is 25.0 Å². The highest BCUT2D eigenvalue weighted by Crippen LogP contribution is 2.28. The van der Waals surface area contributed by atoms with Crippen molar-refractivity contribution in [2.75, 3.05) is 12.0 Å². The van der Waals surface area contributed by atoms with Gasteiger partial charge in [0.25, 0.3) is 11.9 Å². The van der Waals surface area contributed by atoms with E-state index >= 15 is 0 Å². The predicted octanol–water partition coefficient (Wildman–Crippen LogP) is 2.74. The number of nitrogens with one attached hydrogen (secondary N) is 1. The van der Waals surface area contributed by atoms with Crippen LogP contribution in [-0.2, 0) is 14.3 Å². The van der Waals surface area contributed by atoms with Crippen molar-refractivity contribution in [3.05, 3.63) is 58.0 Å². The Morgan fingerprint density at radius 1 is 1.21 bits per heavy atom. The normalized spacial score (nSPS) is 16.6. The van der Waals surface area contributed by atoms with Crippen LogP contribution >= 0.6 is 11.6 Å². The zero-order valence-electron chi connectivity index (χ0n) is 15.8. The molecule has 1 amide bonds. The molecule has 1 aromatic carbocycles. The van der Waals surface area contributed by atoms with Gasteiger partial charge >= 0.3 is 5.97 Å². The highest BCUT2D eigenvalue weighted by molar-refractivity contribution is 6.32. The van der Waals surface area contributed by atoms with Gasteiger partial charge in [-0.25, -0.2) is 19.7 Å². The molecule has 8 nitrogen and oxygen atoms in total. The Morgan fingerprint density at radius 3 is 2.50 bits per heavy atom. The molecule has 1 fully saturated rings. The van der Waals surface area contributed by atoms with Crippen LogP contribution in [0.1, 0.15) is 17.0 Å². The third-order valence-electron chi connectivity index (χ3n) is 3.93. The summed E-state index contributed by atoms with van der Waals surface area (Å²) in [7, 11) is 1.23. The minimum atomic E-state index is -0.660. The molecule has 0 spiro atoms. The third kappa shape index (κ3) is 4.01. The highest BCUT2D eigenvalue weighted by atomic mass is 35.5. The van der Waals surface area contributed by atoms with E-state index in [0.29, 0.717) is 10.7 Å². The molecule has 0 saturated carbocycles. The molecule has 9 heteroatoms. The molecule has 0 aliphatic carbocycles. The lowest BCUT2D eigenvalue weighted by Gasteiger charge is -2.17. The maximum absolute atomic E-state index is 13.0. The van der Waals surface area contributed by atoms with Crippen molar-refractivity contribution in [3.63, 3.8) is 0 Å². The first-order valence-corrected chi connectivity index (χ1v) is 8.74. The number of nitrogens with zero attached hydrogens (tertiary/aromatic N) is 4. The van der Waals surface area contributed by atoms with E-state index in [1.165, 1.54) is 12.0 Å². The number of benzene rings is 1. The summed E-state index contributed by atoms with van der Waals surface area (Å²) in [6.07, 6.45) is 1.07. The van der Waals surface area contributed by atoms with E-state index in [1.807, 2.05) is 26.8 Å². The van der Waals surface area contributed by atoms with Gasteiger partial charge < -0.3 is 10.1 Å². The van der Waals surface area contributed by atoms with E-state index in [0.717, 1.165) is 23.0 Å². The SMILES string of the molecule is COC(=O)C=C1N/C(=N\c2nc(C)cc(C)n2)N(c2ccc(Cl)cc2C)C1=O. The summed E-state index contributed by atoms with van der Waals surface area (Å²) >= 11 is 6.04. The molecule has 1 aliphatic rings. The highest BCUT2D eigenvalue weighted by Gasteiger charge is 2.35. The first-order chi connectivity index (χ1) is 13.3. The number of aliphatic imine (C=N–C) groups is 1. The topological polar surface area (TPSA) is 96.8 Å². The van der Waals surface area contributed by atoms with Gasteiger partial charge in [0.2, 0.25) is 5.96 Å². The zero-order valence-corrected chi connectivity index (χ0v) is 16.5. The summed E-state index contributed by atoms with van der Waals surface area (Å²) < 4.78 is 4.62. The summed E-state index contributed by atoms with van der Waals surface area (Å²) in [6, 6.07) is 6.93. The zero-order chi connectivity index (χ0) is 20.4. The molecule has 144 valence electrons. The van der Waals surface area contributed by atoms with Crippen LogP contribution in [-0.4, -0.2) is 34.9 Å². The molecular formula is C19H18ClN5O3. The Kier molecular flexibility index (Phi) is 5.41. The number of methoxy groups -OCH3 is 1. The average Bonchev–Trinajstić information content (AvgIpc) is 2.89. The second-order valence-corrected chi connectivity index (χ2v) is 6.60. The van der Waals surface area contributed by atoms with Crippen molar-refractivity contribution in [2.45, 2.75) is 20.8 Å². The van der Waals surface area contributed by atoms with Gasteiger partial charge in [-0.1, -0.05) is 11.6 Å². The molecule has 3 rings (SSSR count). The number of rotatable bonds is 3. The molecule has 28 heavy (non-hydrogen) atoms. The molecule has 1 N–H and O–H groups in total. The van der Waals surface area contributed by atoms with Crippen molar-refractivity contribution in [3.8, 4) is 0 Å². The Morgan fingerprint density at radius 2 is 1.89 bits per heavy atom. The molecule has 0 bridgehead atoms. The number of ether oxygens (including phenoxy) is 1. The number of carbonyl (C=O) groups is 2. The number of halogens is 1. The van der Waals surface area contributed by atoms with Crippen LogP contribution < -0.4 is 10.2 Å².